The third-order valence-electron chi connectivity index (χ3n) is 2.98. The maximum atomic E-state index is 11.7. The molecule has 0 spiro atoms. The fourth-order valence-electron chi connectivity index (χ4n) is 1.69. The molecule has 2 unspecified atom stereocenters. The number of hydrogen-bond donors (Lipinski definition) is 2. The molecule has 0 saturated heterocycles. The summed E-state index contributed by atoms with van der Waals surface area (Å²) in [6, 6.07) is 7.66. The molecular weight excluding hydrogens is 268 g/mol. The molecule has 0 aliphatic carbocycles. The van der Waals surface area contributed by atoms with E-state index in [4.69, 9.17) is 9.47 Å². The molecule has 0 aliphatic rings. The molecule has 0 heterocycles. The Hall–Kier alpha value is -1.75. The van der Waals surface area contributed by atoms with Gasteiger partial charge in [0.1, 0.15) is 5.60 Å². The molecule has 1 amide bonds. The molecule has 5 nitrogen and oxygen atoms in total. The molecule has 0 aromatic heterocycles. The Morgan fingerprint density at radius 3 is 2.38 bits per heavy atom. The molecule has 1 aromatic rings. The lowest BCUT2D eigenvalue weighted by atomic mass is 10.2. The van der Waals surface area contributed by atoms with Crippen molar-refractivity contribution in [3.05, 3.63) is 24.3 Å². The molecular formula is C16H26N2O3. The van der Waals surface area contributed by atoms with Crippen molar-refractivity contribution in [2.24, 2.45) is 0 Å². The van der Waals surface area contributed by atoms with Crippen LogP contribution in [0.1, 0.15) is 34.6 Å². The number of hydrogen-bond acceptors (Lipinski definition) is 4. The van der Waals surface area contributed by atoms with Crippen LogP contribution in [0, 0.1) is 0 Å². The predicted molar refractivity (Wildman–Crippen MR) is 85.9 cm³/mol. The van der Waals surface area contributed by atoms with Gasteiger partial charge in [-0.1, -0.05) is 6.07 Å². The van der Waals surface area contributed by atoms with Gasteiger partial charge in [-0.15, -0.1) is 0 Å². The van der Waals surface area contributed by atoms with Crippen LogP contribution in [0.25, 0.3) is 0 Å². The number of rotatable bonds is 5. The summed E-state index contributed by atoms with van der Waals surface area (Å²) in [6.45, 7) is 9.54. The van der Waals surface area contributed by atoms with Crippen LogP contribution in [0.5, 0.6) is 0 Å². The highest BCUT2D eigenvalue weighted by Gasteiger charge is 2.16. The molecule has 0 bridgehead atoms. The molecule has 5 heteroatoms. The minimum absolute atomic E-state index is 0.0903. The molecule has 2 N–H and O–H groups in total. The van der Waals surface area contributed by atoms with Gasteiger partial charge in [-0.05, 0) is 52.8 Å². The van der Waals surface area contributed by atoms with Gasteiger partial charge in [0.2, 0.25) is 0 Å². The van der Waals surface area contributed by atoms with Crippen molar-refractivity contribution in [3.63, 3.8) is 0 Å². The lowest BCUT2D eigenvalue weighted by molar-refractivity contribution is 0.0636. The molecule has 1 aromatic carbocycles. The highest BCUT2D eigenvalue weighted by Crippen LogP contribution is 2.18. The number of carbonyl (C=O) groups is 1. The maximum absolute atomic E-state index is 11.7. The largest absolute Gasteiger partial charge is 0.444 e. The van der Waals surface area contributed by atoms with Crippen molar-refractivity contribution >= 4 is 17.5 Å². The summed E-state index contributed by atoms with van der Waals surface area (Å²) in [6.07, 6.45) is -0.370. The number of nitrogens with one attached hydrogen (secondary N) is 2. The van der Waals surface area contributed by atoms with E-state index < -0.39 is 11.7 Å². The van der Waals surface area contributed by atoms with Crippen molar-refractivity contribution in [2.75, 3.05) is 17.7 Å². The number of benzene rings is 1. The average molecular weight is 294 g/mol. The van der Waals surface area contributed by atoms with Gasteiger partial charge < -0.3 is 14.8 Å². The van der Waals surface area contributed by atoms with Crippen LogP contribution in [0.3, 0.4) is 0 Å². The van der Waals surface area contributed by atoms with Crippen molar-refractivity contribution < 1.29 is 14.3 Å². The van der Waals surface area contributed by atoms with Gasteiger partial charge in [0.15, 0.2) is 0 Å². The summed E-state index contributed by atoms with van der Waals surface area (Å²) < 4.78 is 10.5. The third kappa shape index (κ3) is 6.49. The fraction of sp³-hybridized carbons (Fsp3) is 0.562. The lowest BCUT2D eigenvalue weighted by Gasteiger charge is -2.22. The second kappa shape index (κ2) is 7.31. The normalized spacial score (nSPS) is 14.2. The molecule has 118 valence electrons. The Labute approximate surface area is 127 Å². The van der Waals surface area contributed by atoms with E-state index in [1.807, 2.05) is 58.9 Å². The van der Waals surface area contributed by atoms with Gasteiger partial charge in [0, 0.05) is 24.5 Å². The number of ether oxygens (including phenoxy) is 2. The second-order valence-corrected chi connectivity index (χ2v) is 6.08. The van der Waals surface area contributed by atoms with Crippen LogP contribution in [-0.2, 0) is 9.47 Å². The quantitative estimate of drug-likeness (QED) is 0.865. The number of amides is 1. The van der Waals surface area contributed by atoms with Crippen molar-refractivity contribution in [2.45, 2.75) is 52.4 Å². The summed E-state index contributed by atoms with van der Waals surface area (Å²) in [5.41, 5.74) is 1.09. The summed E-state index contributed by atoms with van der Waals surface area (Å²) in [7, 11) is 1.68. The summed E-state index contributed by atoms with van der Waals surface area (Å²) >= 11 is 0. The van der Waals surface area contributed by atoms with Crippen LogP contribution in [-0.4, -0.2) is 30.9 Å². The summed E-state index contributed by atoms with van der Waals surface area (Å²) in [5, 5.41) is 6.06. The lowest BCUT2D eigenvalue weighted by Crippen LogP contribution is -2.29. The fourth-order valence-corrected chi connectivity index (χ4v) is 1.69. The Morgan fingerprint density at radius 2 is 1.81 bits per heavy atom. The van der Waals surface area contributed by atoms with Gasteiger partial charge in [-0.3, -0.25) is 5.32 Å². The maximum Gasteiger partial charge on any atom is 0.412 e. The average Bonchev–Trinajstić information content (AvgIpc) is 2.35. The van der Waals surface area contributed by atoms with Crippen molar-refractivity contribution in [1.82, 2.24) is 0 Å². The Balaban J connectivity index is 2.66. The molecule has 0 fully saturated rings. The highest BCUT2D eigenvalue weighted by molar-refractivity contribution is 5.85. The first-order valence-corrected chi connectivity index (χ1v) is 7.10. The van der Waals surface area contributed by atoms with Crippen LogP contribution in [0.4, 0.5) is 16.2 Å². The zero-order chi connectivity index (χ0) is 16.0. The number of methoxy groups -OCH3 is 1. The van der Waals surface area contributed by atoms with Gasteiger partial charge >= 0.3 is 6.09 Å². The zero-order valence-corrected chi connectivity index (χ0v) is 13.7. The first kappa shape index (κ1) is 17.3. The standard InChI is InChI=1S/C16H26N2O3/c1-11(12(2)20-6)17-13-8-7-9-14(10-13)18-15(19)21-16(3,4)5/h7-12,17H,1-6H3,(H,18,19). The monoisotopic (exact) mass is 294 g/mol. The Morgan fingerprint density at radius 1 is 1.19 bits per heavy atom. The van der Waals surface area contributed by atoms with Crippen LogP contribution in [0.15, 0.2) is 24.3 Å². The van der Waals surface area contributed by atoms with Crippen molar-refractivity contribution in [1.29, 1.82) is 0 Å². The van der Waals surface area contributed by atoms with E-state index in [0.717, 1.165) is 5.69 Å². The first-order chi connectivity index (χ1) is 9.71. The van der Waals surface area contributed by atoms with E-state index in [-0.39, 0.29) is 12.1 Å². The number of carbonyl (C=O) groups excluding carboxylic acids is 1. The molecule has 1 rings (SSSR count). The van der Waals surface area contributed by atoms with Crippen LogP contribution < -0.4 is 10.6 Å². The molecule has 0 saturated carbocycles. The van der Waals surface area contributed by atoms with Gasteiger partial charge in [-0.25, -0.2) is 4.79 Å². The van der Waals surface area contributed by atoms with Crippen LogP contribution in [0.2, 0.25) is 0 Å². The zero-order valence-electron chi connectivity index (χ0n) is 13.7. The third-order valence-corrected chi connectivity index (χ3v) is 2.98. The van der Waals surface area contributed by atoms with Crippen LogP contribution >= 0.6 is 0 Å². The Bertz CT molecular complexity index is 469. The molecule has 2 atom stereocenters. The van der Waals surface area contributed by atoms with E-state index in [9.17, 15) is 4.79 Å². The predicted octanol–water partition coefficient (Wildman–Crippen LogP) is 3.87. The smallest absolute Gasteiger partial charge is 0.412 e. The number of anilines is 2. The van der Waals surface area contributed by atoms with Crippen molar-refractivity contribution in [3.8, 4) is 0 Å². The minimum Gasteiger partial charge on any atom is -0.444 e. The van der Waals surface area contributed by atoms with E-state index in [0.29, 0.717) is 5.69 Å². The highest BCUT2D eigenvalue weighted by atomic mass is 16.6. The van der Waals surface area contributed by atoms with E-state index in [1.54, 1.807) is 7.11 Å². The van der Waals surface area contributed by atoms with Gasteiger partial charge in [-0.2, -0.15) is 0 Å². The first-order valence-electron chi connectivity index (χ1n) is 7.10. The molecule has 0 aliphatic heterocycles. The summed E-state index contributed by atoms with van der Waals surface area (Å²) in [4.78, 5) is 11.7. The van der Waals surface area contributed by atoms with E-state index in [1.165, 1.54) is 0 Å². The minimum atomic E-state index is -0.512. The second-order valence-electron chi connectivity index (χ2n) is 6.08. The molecule has 0 radical (unpaired) electrons. The van der Waals surface area contributed by atoms with Gasteiger partial charge in [0.25, 0.3) is 0 Å². The topological polar surface area (TPSA) is 59.6 Å². The molecule has 21 heavy (non-hydrogen) atoms. The van der Waals surface area contributed by atoms with E-state index in [2.05, 4.69) is 10.6 Å². The van der Waals surface area contributed by atoms with E-state index >= 15 is 0 Å². The Kier molecular flexibility index (Phi) is 6.03. The van der Waals surface area contributed by atoms with Gasteiger partial charge in [0.05, 0.1) is 6.10 Å². The SMILES string of the molecule is COC(C)C(C)Nc1cccc(NC(=O)OC(C)(C)C)c1. The summed E-state index contributed by atoms with van der Waals surface area (Å²) in [5.74, 6) is 0.